The Morgan fingerprint density at radius 1 is 1.33 bits per heavy atom. The van der Waals surface area contributed by atoms with Crippen molar-refractivity contribution in [3.63, 3.8) is 0 Å². The molecular weight excluding hydrogens is 271 g/mol. The number of carbonyl (C=O) groups excluding carboxylic acids is 1. The van der Waals surface area contributed by atoms with Crippen LogP contribution in [-0.2, 0) is 11.3 Å². The topological polar surface area (TPSA) is 50.4 Å². The van der Waals surface area contributed by atoms with Crippen LogP contribution in [0.3, 0.4) is 0 Å². The van der Waals surface area contributed by atoms with Crippen LogP contribution in [0.25, 0.3) is 0 Å². The third kappa shape index (κ3) is 5.71. The molecule has 0 bridgehead atoms. The molecule has 0 atom stereocenters. The van der Waals surface area contributed by atoms with Crippen LogP contribution in [0.4, 0.5) is 4.39 Å². The van der Waals surface area contributed by atoms with Gasteiger partial charge in [-0.2, -0.15) is 0 Å². The fourth-order valence-electron chi connectivity index (χ4n) is 1.75. The Kier molecular flexibility index (Phi) is 6.62. The normalized spacial score (nSPS) is 11.3. The monoisotopic (exact) mass is 296 g/mol. The molecule has 1 amide bonds. The minimum Gasteiger partial charge on any atom is -0.480 e. The molecule has 0 aliphatic carbocycles. The van der Waals surface area contributed by atoms with Crippen molar-refractivity contribution in [1.82, 2.24) is 10.6 Å². The van der Waals surface area contributed by atoms with Crippen molar-refractivity contribution >= 4 is 5.91 Å². The number of nitrogens with one attached hydrogen (secondary N) is 2. The van der Waals surface area contributed by atoms with Crippen molar-refractivity contribution in [2.45, 2.75) is 46.2 Å². The van der Waals surface area contributed by atoms with Gasteiger partial charge < -0.3 is 15.4 Å². The lowest BCUT2D eigenvalue weighted by atomic mass is 10.0. The molecule has 4 nitrogen and oxygen atoms in total. The van der Waals surface area contributed by atoms with Gasteiger partial charge in [0.1, 0.15) is 0 Å². The zero-order valence-electron chi connectivity index (χ0n) is 13.3. The van der Waals surface area contributed by atoms with Gasteiger partial charge in [0.05, 0.1) is 0 Å². The fourth-order valence-corrected chi connectivity index (χ4v) is 1.75. The number of halogens is 1. The van der Waals surface area contributed by atoms with E-state index in [-0.39, 0.29) is 23.8 Å². The maximum absolute atomic E-state index is 13.8. The smallest absolute Gasteiger partial charge is 0.258 e. The molecule has 1 rings (SSSR count). The Balaban J connectivity index is 2.68. The number of rotatable bonds is 8. The van der Waals surface area contributed by atoms with Crippen molar-refractivity contribution in [1.29, 1.82) is 0 Å². The molecule has 0 aliphatic rings. The molecule has 2 N–H and O–H groups in total. The van der Waals surface area contributed by atoms with Crippen molar-refractivity contribution in [3.8, 4) is 5.75 Å². The fraction of sp³-hybridized carbons (Fsp3) is 0.562. The lowest BCUT2D eigenvalue weighted by Gasteiger charge is -2.24. The van der Waals surface area contributed by atoms with E-state index in [1.807, 2.05) is 27.7 Å². The van der Waals surface area contributed by atoms with Crippen LogP contribution in [0, 0.1) is 5.82 Å². The van der Waals surface area contributed by atoms with Crippen LogP contribution in [0.15, 0.2) is 18.2 Å². The van der Waals surface area contributed by atoms with Gasteiger partial charge >= 0.3 is 0 Å². The maximum atomic E-state index is 13.8. The molecule has 5 heteroatoms. The number of hydrogen-bond donors (Lipinski definition) is 2. The van der Waals surface area contributed by atoms with E-state index in [0.717, 1.165) is 13.0 Å². The first kappa shape index (κ1) is 17.4. The predicted octanol–water partition coefficient (Wildman–Crippen LogP) is 2.62. The van der Waals surface area contributed by atoms with Gasteiger partial charge in [0.25, 0.3) is 5.91 Å². The van der Waals surface area contributed by atoms with Gasteiger partial charge in [0.15, 0.2) is 18.2 Å². The number of hydrogen-bond acceptors (Lipinski definition) is 3. The lowest BCUT2D eigenvalue weighted by molar-refractivity contribution is -0.124. The second kappa shape index (κ2) is 7.98. The molecule has 0 fully saturated rings. The first-order valence-electron chi connectivity index (χ1n) is 7.31. The molecule has 118 valence electrons. The van der Waals surface area contributed by atoms with Crippen LogP contribution < -0.4 is 15.4 Å². The molecule has 0 saturated carbocycles. The van der Waals surface area contributed by atoms with E-state index in [2.05, 4.69) is 10.6 Å². The second-order valence-corrected chi connectivity index (χ2v) is 5.58. The Morgan fingerprint density at radius 2 is 2.05 bits per heavy atom. The van der Waals surface area contributed by atoms with Crippen molar-refractivity contribution in [3.05, 3.63) is 29.6 Å². The number of amides is 1. The summed E-state index contributed by atoms with van der Waals surface area (Å²) in [6.07, 6.45) is 0.810. The third-order valence-corrected chi connectivity index (χ3v) is 3.32. The van der Waals surface area contributed by atoms with Crippen LogP contribution in [0.1, 0.15) is 39.7 Å². The Hall–Kier alpha value is -1.62. The second-order valence-electron chi connectivity index (χ2n) is 5.58. The lowest BCUT2D eigenvalue weighted by Crippen LogP contribution is -2.45. The molecule has 0 aromatic heterocycles. The Labute approximate surface area is 126 Å². The molecule has 0 aliphatic heterocycles. The Bertz CT molecular complexity index is 475. The number of carbonyl (C=O) groups is 1. The highest BCUT2D eigenvalue weighted by Crippen LogP contribution is 2.22. The van der Waals surface area contributed by atoms with Gasteiger partial charge in [-0.25, -0.2) is 4.39 Å². The zero-order valence-corrected chi connectivity index (χ0v) is 13.3. The molecular formula is C16H25FN2O2. The summed E-state index contributed by atoms with van der Waals surface area (Å²) in [5, 5.41) is 5.98. The quantitative estimate of drug-likeness (QED) is 0.775. The molecule has 1 aromatic rings. The summed E-state index contributed by atoms with van der Waals surface area (Å²) >= 11 is 0. The van der Waals surface area contributed by atoms with Gasteiger partial charge in [-0.3, -0.25) is 4.79 Å². The van der Waals surface area contributed by atoms with Gasteiger partial charge in [0.2, 0.25) is 0 Å². The SMILES string of the molecule is CCNCc1cccc(F)c1OCC(=O)NC(C)(C)CC. The molecule has 0 radical (unpaired) electrons. The van der Waals surface area contributed by atoms with Gasteiger partial charge in [-0.05, 0) is 32.9 Å². The van der Waals surface area contributed by atoms with Crippen molar-refractivity contribution < 1.29 is 13.9 Å². The summed E-state index contributed by atoms with van der Waals surface area (Å²) in [5.74, 6) is -0.560. The molecule has 0 heterocycles. The van der Waals surface area contributed by atoms with Crippen molar-refractivity contribution in [2.24, 2.45) is 0 Å². The van der Waals surface area contributed by atoms with Crippen LogP contribution >= 0.6 is 0 Å². The third-order valence-electron chi connectivity index (χ3n) is 3.32. The number of para-hydroxylation sites is 1. The van der Waals surface area contributed by atoms with Crippen LogP contribution in [-0.4, -0.2) is 24.6 Å². The highest BCUT2D eigenvalue weighted by atomic mass is 19.1. The van der Waals surface area contributed by atoms with E-state index in [9.17, 15) is 9.18 Å². The summed E-state index contributed by atoms with van der Waals surface area (Å²) in [6, 6.07) is 4.75. The minimum absolute atomic E-state index is 0.142. The maximum Gasteiger partial charge on any atom is 0.258 e. The largest absolute Gasteiger partial charge is 0.480 e. The van der Waals surface area contributed by atoms with E-state index in [1.54, 1.807) is 12.1 Å². The average molecular weight is 296 g/mol. The first-order chi connectivity index (χ1) is 9.89. The van der Waals surface area contributed by atoms with E-state index in [0.29, 0.717) is 12.1 Å². The summed E-state index contributed by atoms with van der Waals surface area (Å²) in [4.78, 5) is 11.9. The van der Waals surface area contributed by atoms with Crippen LogP contribution in [0.5, 0.6) is 5.75 Å². The molecule has 1 aromatic carbocycles. The number of ether oxygens (including phenoxy) is 1. The minimum atomic E-state index is -0.451. The van der Waals surface area contributed by atoms with Gasteiger partial charge in [0, 0.05) is 17.6 Å². The van der Waals surface area contributed by atoms with E-state index >= 15 is 0 Å². The standard InChI is InChI=1S/C16H25FN2O2/c1-5-16(3,4)19-14(20)11-21-15-12(10-18-6-2)8-7-9-13(15)17/h7-9,18H,5-6,10-11H2,1-4H3,(H,19,20). The molecule has 0 unspecified atom stereocenters. The summed E-state index contributed by atoms with van der Waals surface area (Å²) < 4.78 is 19.2. The summed E-state index contributed by atoms with van der Waals surface area (Å²) in [5.41, 5.74) is 0.418. The van der Waals surface area contributed by atoms with Gasteiger partial charge in [-0.15, -0.1) is 0 Å². The van der Waals surface area contributed by atoms with Crippen LogP contribution in [0.2, 0.25) is 0 Å². The highest BCUT2D eigenvalue weighted by molar-refractivity contribution is 5.78. The molecule has 21 heavy (non-hydrogen) atoms. The highest BCUT2D eigenvalue weighted by Gasteiger charge is 2.19. The van der Waals surface area contributed by atoms with E-state index < -0.39 is 5.82 Å². The summed E-state index contributed by atoms with van der Waals surface area (Å²) in [6.45, 7) is 8.93. The molecule has 0 saturated heterocycles. The predicted molar refractivity (Wildman–Crippen MR) is 81.8 cm³/mol. The van der Waals surface area contributed by atoms with Crippen molar-refractivity contribution in [2.75, 3.05) is 13.2 Å². The first-order valence-corrected chi connectivity index (χ1v) is 7.31. The average Bonchev–Trinajstić information content (AvgIpc) is 2.43. The van der Waals surface area contributed by atoms with Gasteiger partial charge in [-0.1, -0.05) is 26.0 Å². The summed E-state index contributed by atoms with van der Waals surface area (Å²) in [7, 11) is 0. The number of benzene rings is 1. The zero-order chi connectivity index (χ0) is 15.9. The van der Waals surface area contributed by atoms with E-state index in [1.165, 1.54) is 6.07 Å². The van der Waals surface area contributed by atoms with E-state index in [4.69, 9.17) is 4.74 Å². The molecule has 0 spiro atoms. The Morgan fingerprint density at radius 3 is 2.67 bits per heavy atom.